The molecule has 3 aromatic heterocycles. The summed E-state index contributed by atoms with van der Waals surface area (Å²) in [7, 11) is 2.07. The second-order valence-electron chi connectivity index (χ2n) is 8.97. The summed E-state index contributed by atoms with van der Waals surface area (Å²) in [5, 5.41) is 8.60. The minimum Gasteiger partial charge on any atom is -0.354 e. The maximum absolute atomic E-state index is 13.3. The molecule has 2 aliphatic rings. The second-order valence-corrected chi connectivity index (χ2v) is 8.97. The zero-order valence-corrected chi connectivity index (χ0v) is 18.2. The summed E-state index contributed by atoms with van der Waals surface area (Å²) in [6.07, 6.45) is 6.72. The molecule has 1 fully saturated rings. The number of imidazole rings is 1. The van der Waals surface area contributed by atoms with Crippen molar-refractivity contribution in [3.8, 4) is 0 Å². The lowest BCUT2D eigenvalue weighted by molar-refractivity contribution is 0.275. The van der Waals surface area contributed by atoms with E-state index in [9.17, 15) is 4.79 Å². The fourth-order valence-corrected chi connectivity index (χ4v) is 4.93. The molecule has 1 saturated heterocycles. The molecule has 0 aliphatic carbocycles. The van der Waals surface area contributed by atoms with Crippen molar-refractivity contribution in [2.75, 3.05) is 31.6 Å². The minimum absolute atomic E-state index is 0.172. The predicted molar refractivity (Wildman–Crippen MR) is 119 cm³/mol. The Morgan fingerprint density at radius 3 is 2.81 bits per heavy atom. The van der Waals surface area contributed by atoms with Crippen molar-refractivity contribution in [3.63, 3.8) is 0 Å². The molecule has 8 nitrogen and oxygen atoms in total. The number of hydrogen-bond acceptors (Lipinski definition) is 6. The standard InChI is InChI=1S/C23H29N7O/c1-17-3-6-22(26-25-17)29-12-18-11-20(15-29)21-5-4-19(23(31)30(21)13-18)14-27(2)9-10-28-8-7-24-16-28/h3-8,16,18,20H,9-15H2,1-2H3/t18-,20+/m0/s1. The monoisotopic (exact) mass is 419 g/mol. The number of anilines is 1. The van der Waals surface area contributed by atoms with Crippen LogP contribution in [0.25, 0.3) is 0 Å². The topological polar surface area (TPSA) is 72.1 Å². The molecule has 2 atom stereocenters. The van der Waals surface area contributed by atoms with Gasteiger partial charge >= 0.3 is 0 Å². The molecule has 0 saturated carbocycles. The van der Waals surface area contributed by atoms with Crippen molar-refractivity contribution < 1.29 is 0 Å². The summed E-state index contributed by atoms with van der Waals surface area (Å²) in [6.45, 7) is 6.95. The molecular formula is C23H29N7O. The van der Waals surface area contributed by atoms with Crippen LogP contribution in [-0.4, -0.2) is 55.9 Å². The Hall–Kier alpha value is -3.00. The van der Waals surface area contributed by atoms with E-state index < -0.39 is 0 Å². The molecule has 0 aromatic carbocycles. The number of aryl methyl sites for hydroxylation is 1. The van der Waals surface area contributed by atoms with Gasteiger partial charge in [0.15, 0.2) is 5.82 Å². The maximum Gasteiger partial charge on any atom is 0.255 e. The van der Waals surface area contributed by atoms with Crippen LogP contribution in [0.3, 0.4) is 0 Å². The zero-order chi connectivity index (χ0) is 21.4. The summed E-state index contributed by atoms with van der Waals surface area (Å²) < 4.78 is 4.09. The van der Waals surface area contributed by atoms with Gasteiger partial charge in [-0.05, 0) is 44.5 Å². The van der Waals surface area contributed by atoms with Crippen molar-refractivity contribution in [1.29, 1.82) is 0 Å². The Morgan fingerprint density at radius 1 is 1.13 bits per heavy atom. The summed E-state index contributed by atoms with van der Waals surface area (Å²) in [5.74, 6) is 1.75. The van der Waals surface area contributed by atoms with Crippen molar-refractivity contribution in [3.05, 3.63) is 70.3 Å². The van der Waals surface area contributed by atoms with Crippen molar-refractivity contribution in [2.45, 2.75) is 38.9 Å². The van der Waals surface area contributed by atoms with Crippen LogP contribution >= 0.6 is 0 Å². The Bertz CT molecular complexity index is 1090. The largest absolute Gasteiger partial charge is 0.354 e. The molecule has 0 radical (unpaired) electrons. The molecule has 0 unspecified atom stereocenters. The van der Waals surface area contributed by atoms with Gasteiger partial charge in [-0.2, -0.15) is 5.10 Å². The van der Waals surface area contributed by atoms with E-state index in [1.54, 1.807) is 6.20 Å². The van der Waals surface area contributed by atoms with Gasteiger partial charge in [0.1, 0.15) is 0 Å². The summed E-state index contributed by atoms with van der Waals surface area (Å²) >= 11 is 0. The van der Waals surface area contributed by atoms with Gasteiger partial charge in [0.25, 0.3) is 5.56 Å². The molecular weight excluding hydrogens is 390 g/mol. The first-order valence-electron chi connectivity index (χ1n) is 11.0. The van der Waals surface area contributed by atoms with Gasteiger partial charge in [-0.25, -0.2) is 4.98 Å². The summed E-state index contributed by atoms with van der Waals surface area (Å²) in [6, 6.07) is 8.28. The molecule has 31 heavy (non-hydrogen) atoms. The van der Waals surface area contributed by atoms with Crippen LogP contribution in [0.5, 0.6) is 0 Å². The molecule has 162 valence electrons. The van der Waals surface area contributed by atoms with Crippen LogP contribution in [0, 0.1) is 12.8 Å². The van der Waals surface area contributed by atoms with Crippen LogP contribution < -0.4 is 10.5 Å². The number of likely N-dealkylation sites (N-methyl/N-ethyl adjacent to an activating group) is 1. The first-order valence-corrected chi connectivity index (χ1v) is 11.0. The minimum atomic E-state index is 0.172. The van der Waals surface area contributed by atoms with Crippen LogP contribution in [-0.2, 0) is 19.6 Å². The second kappa shape index (κ2) is 8.26. The van der Waals surface area contributed by atoms with E-state index in [0.29, 0.717) is 18.4 Å². The molecule has 2 aliphatic heterocycles. The first kappa shape index (κ1) is 19.9. The molecule has 0 spiro atoms. The van der Waals surface area contributed by atoms with E-state index in [-0.39, 0.29) is 5.56 Å². The van der Waals surface area contributed by atoms with E-state index in [2.05, 4.69) is 48.7 Å². The fourth-order valence-electron chi connectivity index (χ4n) is 4.93. The average Bonchev–Trinajstić information content (AvgIpc) is 3.29. The normalized spacial score (nSPS) is 20.2. The van der Waals surface area contributed by atoms with Gasteiger partial charge in [-0.1, -0.05) is 6.07 Å². The third-order valence-electron chi connectivity index (χ3n) is 6.53. The van der Waals surface area contributed by atoms with E-state index in [0.717, 1.165) is 61.9 Å². The SMILES string of the molecule is Cc1ccc(N2C[C@@H]3C[C@H](C2)c2ccc(CN(C)CCn4ccnc4)c(=O)n2C3)nn1. The Morgan fingerprint density at radius 2 is 2.03 bits per heavy atom. The summed E-state index contributed by atoms with van der Waals surface area (Å²) in [5.41, 5.74) is 3.14. The third kappa shape index (κ3) is 4.12. The molecule has 5 heterocycles. The molecule has 0 amide bonds. The van der Waals surface area contributed by atoms with Crippen LogP contribution in [0.4, 0.5) is 5.82 Å². The van der Waals surface area contributed by atoms with E-state index >= 15 is 0 Å². The number of hydrogen-bond donors (Lipinski definition) is 0. The Labute approximate surface area is 182 Å². The van der Waals surface area contributed by atoms with Gasteiger partial charge in [-0.15, -0.1) is 5.10 Å². The van der Waals surface area contributed by atoms with Gasteiger partial charge < -0.3 is 18.9 Å². The maximum atomic E-state index is 13.3. The summed E-state index contributed by atoms with van der Waals surface area (Å²) in [4.78, 5) is 21.9. The number of nitrogens with zero attached hydrogens (tertiary/aromatic N) is 7. The predicted octanol–water partition coefficient (Wildman–Crippen LogP) is 1.90. The van der Waals surface area contributed by atoms with Crippen LogP contribution in [0.2, 0.25) is 0 Å². The van der Waals surface area contributed by atoms with Gasteiger partial charge in [-0.3, -0.25) is 4.79 Å². The Balaban J connectivity index is 1.31. The highest BCUT2D eigenvalue weighted by Crippen LogP contribution is 2.36. The highest BCUT2D eigenvalue weighted by Gasteiger charge is 2.35. The quantitative estimate of drug-likeness (QED) is 0.608. The van der Waals surface area contributed by atoms with Gasteiger partial charge in [0.05, 0.1) is 12.0 Å². The van der Waals surface area contributed by atoms with Gasteiger partial charge in [0.2, 0.25) is 0 Å². The van der Waals surface area contributed by atoms with Crippen molar-refractivity contribution >= 4 is 5.82 Å². The lowest BCUT2D eigenvalue weighted by Crippen LogP contribution is -2.48. The lowest BCUT2D eigenvalue weighted by Gasteiger charge is -2.43. The van der Waals surface area contributed by atoms with E-state index in [1.807, 2.05) is 36.1 Å². The van der Waals surface area contributed by atoms with Gasteiger partial charge in [0, 0.05) is 68.8 Å². The number of aromatic nitrogens is 5. The average molecular weight is 420 g/mol. The highest BCUT2D eigenvalue weighted by atomic mass is 16.1. The fraction of sp³-hybridized carbons (Fsp3) is 0.478. The number of rotatable bonds is 6. The zero-order valence-electron chi connectivity index (χ0n) is 18.2. The van der Waals surface area contributed by atoms with Crippen molar-refractivity contribution in [1.82, 2.24) is 29.2 Å². The molecule has 8 heteroatoms. The first-order chi connectivity index (χ1) is 15.1. The number of pyridine rings is 1. The van der Waals surface area contributed by atoms with Crippen LogP contribution in [0.15, 0.2) is 47.8 Å². The van der Waals surface area contributed by atoms with Crippen molar-refractivity contribution in [2.24, 2.45) is 5.92 Å². The number of piperidine rings is 1. The van der Waals surface area contributed by atoms with Crippen LogP contribution in [0.1, 0.15) is 29.3 Å². The molecule has 2 bridgehead atoms. The van der Waals surface area contributed by atoms with E-state index in [4.69, 9.17) is 0 Å². The third-order valence-corrected chi connectivity index (χ3v) is 6.53. The smallest absolute Gasteiger partial charge is 0.255 e. The number of fused-ring (bicyclic) bond motifs is 4. The highest BCUT2D eigenvalue weighted by molar-refractivity contribution is 5.40. The molecule has 5 rings (SSSR count). The van der Waals surface area contributed by atoms with E-state index in [1.165, 1.54) is 0 Å². The lowest BCUT2D eigenvalue weighted by atomic mass is 9.83. The molecule has 0 N–H and O–H groups in total. The molecule has 3 aromatic rings. The Kier molecular flexibility index (Phi) is 5.31.